The summed E-state index contributed by atoms with van der Waals surface area (Å²) in [4.78, 5) is 10.6. The molecule has 1 aromatic rings. The zero-order valence-corrected chi connectivity index (χ0v) is 9.48. The van der Waals surface area contributed by atoms with Crippen molar-refractivity contribution in [3.63, 3.8) is 0 Å². The molecule has 0 amide bonds. The van der Waals surface area contributed by atoms with Crippen LogP contribution in [0.4, 0.5) is 0 Å². The van der Waals surface area contributed by atoms with Crippen molar-refractivity contribution in [3.8, 4) is 11.5 Å². The highest BCUT2D eigenvalue weighted by Crippen LogP contribution is 2.38. The molecule has 1 atom stereocenters. The number of aromatic hydroxyl groups is 1. The van der Waals surface area contributed by atoms with Crippen molar-refractivity contribution >= 4 is 21.9 Å². The Balaban J connectivity index is 3.27. The van der Waals surface area contributed by atoms with E-state index in [-0.39, 0.29) is 17.1 Å². The summed E-state index contributed by atoms with van der Waals surface area (Å²) in [5, 5.41) is 18.4. The Kier molecular flexibility index (Phi) is 3.54. The van der Waals surface area contributed by atoms with Gasteiger partial charge in [0.1, 0.15) is 6.04 Å². The topological polar surface area (TPSA) is 92.8 Å². The molecule has 0 heterocycles. The fraction of sp³-hybridized carbons (Fsp3) is 0.222. The molecule has 0 aliphatic heterocycles. The smallest absolute Gasteiger partial charge is 0.325 e. The van der Waals surface area contributed by atoms with Crippen LogP contribution in [0.15, 0.2) is 16.6 Å². The minimum absolute atomic E-state index is 0.113. The van der Waals surface area contributed by atoms with E-state index in [0.29, 0.717) is 4.47 Å². The summed E-state index contributed by atoms with van der Waals surface area (Å²) in [6, 6.07) is 1.73. The lowest BCUT2D eigenvalue weighted by atomic mass is 10.1. The van der Waals surface area contributed by atoms with E-state index in [9.17, 15) is 9.90 Å². The summed E-state index contributed by atoms with van der Waals surface area (Å²) in [6.07, 6.45) is 0. The molecule has 0 radical (unpaired) electrons. The van der Waals surface area contributed by atoms with Gasteiger partial charge in [-0.25, -0.2) is 0 Å². The molecule has 82 valence electrons. The van der Waals surface area contributed by atoms with E-state index in [0.717, 1.165) is 0 Å². The fourth-order valence-electron chi connectivity index (χ4n) is 1.14. The first-order chi connectivity index (χ1) is 6.99. The minimum atomic E-state index is -1.27. The monoisotopic (exact) mass is 275 g/mol. The first-order valence-electron chi connectivity index (χ1n) is 4.02. The van der Waals surface area contributed by atoms with Crippen LogP contribution in [-0.2, 0) is 4.79 Å². The van der Waals surface area contributed by atoms with Gasteiger partial charge in [-0.3, -0.25) is 4.79 Å². The molecule has 0 aliphatic carbocycles. The van der Waals surface area contributed by atoms with E-state index < -0.39 is 12.0 Å². The number of hydrogen-bond acceptors (Lipinski definition) is 4. The lowest BCUT2D eigenvalue weighted by Crippen LogP contribution is -2.20. The molecule has 6 heteroatoms. The number of ether oxygens (including phenoxy) is 1. The zero-order valence-electron chi connectivity index (χ0n) is 7.90. The summed E-state index contributed by atoms with van der Waals surface area (Å²) in [7, 11) is 1.37. The molecule has 0 aliphatic rings. The van der Waals surface area contributed by atoms with E-state index in [1.165, 1.54) is 13.2 Å². The highest BCUT2D eigenvalue weighted by Gasteiger charge is 2.21. The number of phenols is 1. The average molecular weight is 276 g/mol. The second-order valence-electron chi connectivity index (χ2n) is 2.83. The van der Waals surface area contributed by atoms with Crippen molar-refractivity contribution in [2.45, 2.75) is 6.04 Å². The van der Waals surface area contributed by atoms with Gasteiger partial charge in [0.15, 0.2) is 11.5 Å². The fourth-order valence-corrected chi connectivity index (χ4v) is 1.62. The van der Waals surface area contributed by atoms with Crippen LogP contribution >= 0.6 is 15.9 Å². The van der Waals surface area contributed by atoms with E-state index in [4.69, 9.17) is 15.6 Å². The van der Waals surface area contributed by atoms with Gasteiger partial charge in [0, 0.05) is 5.56 Å². The normalized spacial score (nSPS) is 12.2. The van der Waals surface area contributed by atoms with Crippen LogP contribution in [0, 0.1) is 0 Å². The third-order valence-corrected chi connectivity index (χ3v) is 2.54. The maximum atomic E-state index is 10.6. The Labute approximate surface area is 94.6 Å². The molecule has 1 unspecified atom stereocenters. The van der Waals surface area contributed by atoms with Gasteiger partial charge in [0.05, 0.1) is 11.6 Å². The number of phenolic OH excluding ortho intramolecular Hbond substituents is 1. The molecular weight excluding hydrogens is 266 g/mol. The van der Waals surface area contributed by atoms with Gasteiger partial charge < -0.3 is 20.7 Å². The van der Waals surface area contributed by atoms with Crippen molar-refractivity contribution in [2.24, 2.45) is 5.73 Å². The van der Waals surface area contributed by atoms with Crippen LogP contribution in [0.3, 0.4) is 0 Å². The van der Waals surface area contributed by atoms with Crippen molar-refractivity contribution in [3.05, 3.63) is 22.2 Å². The van der Waals surface area contributed by atoms with Crippen LogP contribution in [0.5, 0.6) is 11.5 Å². The molecule has 0 saturated carbocycles. The second kappa shape index (κ2) is 4.50. The van der Waals surface area contributed by atoms with Gasteiger partial charge in [-0.05, 0) is 22.0 Å². The number of aliphatic carboxylic acids is 1. The van der Waals surface area contributed by atoms with Gasteiger partial charge >= 0.3 is 5.97 Å². The van der Waals surface area contributed by atoms with E-state index >= 15 is 0 Å². The number of rotatable bonds is 3. The third-order valence-electron chi connectivity index (χ3n) is 1.92. The Morgan fingerprint density at radius 3 is 2.67 bits per heavy atom. The van der Waals surface area contributed by atoms with Crippen LogP contribution < -0.4 is 10.5 Å². The maximum absolute atomic E-state index is 10.6. The lowest BCUT2D eigenvalue weighted by Gasteiger charge is -2.13. The molecule has 1 rings (SSSR count). The lowest BCUT2D eigenvalue weighted by molar-refractivity contribution is -0.138. The number of hydrogen-bond donors (Lipinski definition) is 3. The van der Waals surface area contributed by atoms with Gasteiger partial charge in [0.25, 0.3) is 0 Å². The zero-order chi connectivity index (χ0) is 11.6. The van der Waals surface area contributed by atoms with Crippen molar-refractivity contribution in [1.82, 2.24) is 0 Å². The standard InChI is InChI=1S/C9H10BrNO4/c1-15-8-5(10)3-2-4(7(8)12)6(11)9(13)14/h2-3,6,12H,11H2,1H3,(H,13,14). The van der Waals surface area contributed by atoms with E-state index in [1.54, 1.807) is 6.07 Å². The number of nitrogens with two attached hydrogens (primary N) is 1. The summed E-state index contributed by atoms with van der Waals surface area (Å²) < 4.78 is 5.43. The average Bonchev–Trinajstić information content (AvgIpc) is 2.17. The van der Waals surface area contributed by atoms with Crippen molar-refractivity contribution in [2.75, 3.05) is 7.11 Å². The van der Waals surface area contributed by atoms with Crippen LogP contribution in [0.25, 0.3) is 0 Å². The number of halogens is 1. The quantitative estimate of drug-likeness (QED) is 0.772. The molecule has 1 aromatic carbocycles. The molecular formula is C9H10BrNO4. The molecule has 5 nitrogen and oxygen atoms in total. The Bertz CT molecular complexity index is 394. The van der Waals surface area contributed by atoms with Crippen molar-refractivity contribution in [1.29, 1.82) is 0 Å². The largest absolute Gasteiger partial charge is 0.504 e. The van der Waals surface area contributed by atoms with Crippen LogP contribution in [0.2, 0.25) is 0 Å². The SMILES string of the molecule is COc1c(Br)ccc(C(N)C(=O)O)c1O. The predicted octanol–water partition coefficient (Wildman–Crippen LogP) is 1.25. The Hall–Kier alpha value is -1.27. The van der Waals surface area contributed by atoms with Crippen LogP contribution in [0.1, 0.15) is 11.6 Å². The molecule has 0 spiro atoms. The van der Waals surface area contributed by atoms with Gasteiger partial charge in [-0.2, -0.15) is 0 Å². The van der Waals surface area contributed by atoms with Gasteiger partial charge in [0.2, 0.25) is 0 Å². The summed E-state index contributed by atoms with van der Waals surface area (Å²) in [6.45, 7) is 0. The molecule has 4 N–H and O–H groups in total. The number of methoxy groups -OCH3 is 1. The summed E-state index contributed by atoms with van der Waals surface area (Å²) in [5.41, 5.74) is 5.50. The first kappa shape index (κ1) is 11.8. The highest BCUT2D eigenvalue weighted by molar-refractivity contribution is 9.10. The van der Waals surface area contributed by atoms with E-state index in [1.807, 2.05) is 0 Å². The molecule has 0 aromatic heterocycles. The predicted molar refractivity (Wildman–Crippen MR) is 56.9 cm³/mol. The van der Waals surface area contributed by atoms with E-state index in [2.05, 4.69) is 15.9 Å². The molecule has 15 heavy (non-hydrogen) atoms. The van der Waals surface area contributed by atoms with Gasteiger partial charge in [-0.1, -0.05) is 6.07 Å². The van der Waals surface area contributed by atoms with Crippen molar-refractivity contribution < 1.29 is 19.7 Å². The number of carboxylic acids is 1. The number of carboxylic acid groups (broad SMARTS) is 1. The Morgan fingerprint density at radius 2 is 2.20 bits per heavy atom. The summed E-state index contributed by atoms with van der Waals surface area (Å²) in [5.74, 6) is -1.30. The highest BCUT2D eigenvalue weighted by atomic mass is 79.9. The maximum Gasteiger partial charge on any atom is 0.325 e. The number of benzene rings is 1. The second-order valence-corrected chi connectivity index (χ2v) is 3.69. The molecule has 0 fully saturated rings. The molecule has 0 bridgehead atoms. The van der Waals surface area contributed by atoms with Crippen LogP contribution in [-0.4, -0.2) is 23.3 Å². The third kappa shape index (κ3) is 2.21. The Morgan fingerprint density at radius 1 is 1.60 bits per heavy atom. The number of carbonyl (C=O) groups is 1. The first-order valence-corrected chi connectivity index (χ1v) is 4.82. The summed E-state index contributed by atoms with van der Waals surface area (Å²) >= 11 is 3.15. The molecule has 0 saturated heterocycles. The minimum Gasteiger partial charge on any atom is -0.504 e. The van der Waals surface area contributed by atoms with Gasteiger partial charge in [-0.15, -0.1) is 0 Å².